The summed E-state index contributed by atoms with van der Waals surface area (Å²) in [6, 6.07) is 0. The van der Waals surface area contributed by atoms with E-state index in [4.69, 9.17) is 5.73 Å². The molecule has 1 aromatic rings. The van der Waals surface area contributed by atoms with Crippen molar-refractivity contribution in [1.82, 2.24) is 19.2 Å². The number of anilines is 1. The topological polar surface area (TPSA) is 92.4 Å². The smallest absolute Gasteiger partial charge is 0.246 e. The summed E-state index contributed by atoms with van der Waals surface area (Å²) in [6.07, 6.45) is 2.50. The molecule has 0 radical (unpaired) electrons. The first-order valence-corrected chi connectivity index (χ1v) is 7.90. The number of rotatable bonds is 7. The molecule has 0 bridgehead atoms. The fourth-order valence-electron chi connectivity index (χ4n) is 1.64. The molecule has 2 N–H and O–H groups in total. The Balaban J connectivity index is 3.00. The van der Waals surface area contributed by atoms with Gasteiger partial charge in [-0.15, -0.1) is 0 Å². The highest BCUT2D eigenvalue weighted by atomic mass is 32.2. The van der Waals surface area contributed by atoms with Crippen molar-refractivity contribution in [1.29, 1.82) is 0 Å². The molecule has 0 saturated carbocycles. The van der Waals surface area contributed by atoms with E-state index in [1.165, 1.54) is 16.7 Å². The molecule has 1 aromatic heterocycles. The Hall–Kier alpha value is -1.25. The molecule has 8 heteroatoms. The van der Waals surface area contributed by atoms with Crippen molar-refractivity contribution >= 4 is 16.0 Å². The minimum Gasteiger partial charge on any atom is -0.368 e. The van der Waals surface area contributed by atoms with Crippen LogP contribution in [0.4, 0.5) is 5.95 Å². The van der Waals surface area contributed by atoms with Gasteiger partial charge in [-0.1, -0.05) is 13.8 Å². The first-order chi connectivity index (χ1) is 9.23. The minimum absolute atomic E-state index is 0.0626. The van der Waals surface area contributed by atoms with Gasteiger partial charge >= 0.3 is 0 Å². The van der Waals surface area contributed by atoms with Crippen molar-refractivity contribution in [3.8, 4) is 0 Å². The van der Waals surface area contributed by atoms with Crippen molar-refractivity contribution in [3.63, 3.8) is 0 Å². The van der Waals surface area contributed by atoms with E-state index in [-0.39, 0.29) is 16.8 Å². The fraction of sp³-hybridized carbons (Fsp3) is 0.667. The van der Waals surface area contributed by atoms with Crippen LogP contribution < -0.4 is 5.73 Å². The molecule has 0 aliphatic heterocycles. The Bertz CT molecular complexity index is 513. The van der Waals surface area contributed by atoms with E-state index in [1.54, 1.807) is 0 Å². The fourth-order valence-corrected chi connectivity index (χ4v) is 3.12. The Labute approximate surface area is 120 Å². The number of aromatic nitrogens is 2. The third-order valence-electron chi connectivity index (χ3n) is 2.65. The second-order valence-corrected chi connectivity index (χ2v) is 7.28. The molecule has 0 spiro atoms. The molecule has 114 valence electrons. The van der Waals surface area contributed by atoms with Gasteiger partial charge in [0.25, 0.3) is 0 Å². The zero-order valence-electron chi connectivity index (χ0n) is 12.4. The SMILES string of the molecule is CC(C)CN(CCN(C)C)S(=O)(=O)c1cnc(N)nc1. The van der Waals surface area contributed by atoms with E-state index < -0.39 is 10.0 Å². The molecular weight excluding hydrogens is 278 g/mol. The number of sulfonamides is 1. The van der Waals surface area contributed by atoms with Crippen LogP contribution in [0, 0.1) is 5.92 Å². The standard InChI is InChI=1S/C12H23N5O2S/c1-10(2)9-17(6-5-16(3)4)20(18,19)11-7-14-12(13)15-8-11/h7-8,10H,5-6,9H2,1-4H3,(H2,13,14,15). The second-order valence-electron chi connectivity index (χ2n) is 5.34. The van der Waals surface area contributed by atoms with Gasteiger partial charge in [-0.25, -0.2) is 18.4 Å². The van der Waals surface area contributed by atoms with Crippen LogP contribution in [0.1, 0.15) is 13.8 Å². The number of nitrogens with two attached hydrogens (primary N) is 1. The maximum absolute atomic E-state index is 12.6. The molecule has 0 aliphatic carbocycles. The molecule has 1 heterocycles. The zero-order chi connectivity index (χ0) is 15.3. The predicted octanol–water partition coefficient (Wildman–Crippen LogP) is 0.267. The Morgan fingerprint density at radius 2 is 1.75 bits per heavy atom. The van der Waals surface area contributed by atoms with Gasteiger partial charge in [-0.05, 0) is 20.0 Å². The van der Waals surface area contributed by atoms with Crippen molar-refractivity contribution in [2.24, 2.45) is 5.92 Å². The Morgan fingerprint density at radius 3 is 2.20 bits per heavy atom. The number of nitrogens with zero attached hydrogens (tertiary/aromatic N) is 4. The third kappa shape index (κ3) is 4.69. The normalized spacial score (nSPS) is 12.6. The van der Waals surface area contributed by atoms with E-state index in [0.717, 1.165) is 0 Å². The highest BCUT2D eigenvalue weighted by molar-refractivity contribution is 7.89. The molecule has 0 aliphatic rings. The maximum atomic E-state index is 12.6. The monoisotopic (exact) mass is 301 g/mol. The highest BCUT2D eigenvalue weighted by Crippen LogP contribution is 2.15. The van der Waals surface area contributed by atoms with Gasteiger partial charge in [-0.3, -0.25) is 0 Å². The summed E-state index contributed by atoms with van der Waals surface area (Å²) in [6.45, 7) is 5.51. The summed E-state index contributed by atoms with van der Waals surface area (Å²) in [5.41, 5.74) is 5.39. The summed E-state index contributed by atoms with van der Waals surface area (Å²) in [5.74, 6) is 0.300. The lowest BCUT2D eigenvalue weighted by atomic mass is 10.2. The van der Waals surface area contributed by atoms with Crippen LogP contribution in [0.25, 0.3) is 0 Å². The van der Waals surface area contributed by atoms with E-state index in [2.05, 4.69) is 9.97 Å². The molecule has 7 nitrogen and oxygen atoms in total. The number of nitrogen functional groups attached to an aromatic ring is 1. The molecule has 0 saturated heterocycles. The molecule has 20 heavy (non-hydrogen) atoms. The molecule has 0 unspecified atom stereocenters. The molecule has 0 atom stereocenters. The van der Waals surface area contributed by atoms with Gasteiger partial charge in [0.1, 0.15) is 4.90 Å². The highest BCUT2D eigenvalue weighted by Gasteiger charge is 2.25. The van der Waals surface area contributed by atoms with Gasteiger partial charge in [-0.2, -0.15) is 4.31 Å². The zero-order valence-corrected chi connectivity index (χ0v) is 13.3. The van der Waals surface area contributed by atoms with Crippen LogP contribution in [0.5, 0.6) is 0 Å². The Morgan fingerprint density at radius 1 is 1.20 bits per heavy atom. The lowest BCUT2D eigenvalue weighted by Crippen LogP contribution is -2.39. The quantitative estimate of drug-likeness (QED) is 0.777. The lowest BCUT2D eigenvalue weighted by Gasteiger charge is -2.25. The molecule has 0 fully saturated rings. The van der Waals surface area contributed by atoms with Gasteiger partial charge in [0.2, 0.25) is 16.0 Å². The average Bonchev–Trinajstić information content (AvgIpc) is 2.34. The first-order valence-electron chi connectivity index (χ1n) is 6.46. The molecule has 0 amide bonds. The van der Waals surface area contributed by atoms with Crippen molar-refractivity contribution in [3.05, 3.63) is 12.4 Å². The van der Waals surface area contributed by atoms with Crippen LogP contribution in [-0.2, 0) is 10.0 Å². The summed E-state index contributed by atoms with van der Waals surface area (Å²) in [7, 11) is 0.236. The van der Waals surface area contributed by atoms with Gasteiger partial charge < -0.3 is 10.6 Å². The molecule has 0 aromatic carbocycles. The number of hydrogen-bond acceptors (Lipinski definition) is 6. The van der Waals surface area contributed by atoms with Gasteiger partial charge in [0.05, 0.1) is 12.4 Å². The molecular formula is C12H23N5O2S. The van der Waals surface area contributed by atoms with Crippen LogP contribution in [0.3, 0.4) is 0 Å². The van der Waals surface area contributed by atoms with Crippen LogP contribution in [0.15, 0.2) is 17.3 Å². The number of hydrogen-bond donors (Lipinski definition) is 1. The first kappa shape index (κ1) is 16.8. The van der Waals surface area contributed by atoms with Crippen molar-refractivity contribution in [2.45, 2.75) is 18.7 Å². The van der Waals surface area contributed by atoms with E-state index in [9.17, 15) is 8.42 Å². The van der Waals surface area contributed by atoms with Crippen LogP contribution >= 0.6 is 0 Å². The minimum atomic E-state index is -3.58. The third-order valence-corrected chi connectivity index (χ3v) is 4.47. The van der Waals surface area contributed by atoms with Crippen molar-refractivity contribution < 1.29 is 8.42 Å². The van der Waals surface area contributed by atoms with E-state index >= 15 is 0 Å². The summed E-state index contributed by atoms with van der Waals surface area (Å²) >= 11 is 0. The lowest BCUT2D eigenvalue weighted by molar-refractivity contribution is 0.312. The van der Waals surface area contributed by atoms with Crippen LogP contribution in [0.2, 0.25) is 0 Å². The van der Waals surface area contributed by atoms with Gasteiger partial charge in [0.15, 0.2) is 0 Å². The number of likely N-dealkylation sites (N-methyl/N-ethyl adjacent to an activating group) is 1. The summed E-state index contributed by atoms with van der Waals surface area (Å²) < 4.78 is 26.6. The summed E-state index contributed by atoms with van der Waals surface area (Å²) in [4.78, 5) is 9.53. The van der Waals surface area contributed by atoms with E-state index in [0.29, 0.717) is 19.6 Å². The summed E-state index contributed by atoms with van der Waals surface area (Å²) in [5, 5.41) is 0. The second kappa shape index (κ2) is 6.96. The van der Waals surface area contributed by atoms with Crippen molar-refractivity contribution in [2.75, 3.05) is 39.5 Å². The largest absolute Gasteiger partial charge is 0.368 e. The van der Waals surface area contributed by atoms with Crippen LogP contribution in [-0.4, -0.2) is 61.3 Å². The molecule has 1 rings (SSSR count). The Kier molecular flexibility index (Phi) is 5.85. The van der Waals surface area contributed by atoms with Gasteiger partial charge in [0, 0.05) is 19.6 Å². The average molecular weight is 301 g/mol. The van der Waals surface area contributed by atoms with E-state index in [1.807, 2.05) is 32.8 Å². The predicted molar refractivity (Wildman–Crippen MR) is 78.6 cm³/mol. The maximum Gasteiger partial charge on any atom is 0.246 e.